The van der Waals surface area contributed by atoms with E-state index in [0.29, 0.717) is 6.54 Å². The highest BCUT2D eigenvalue weighted by Crippen LogP contribution is 2.15. The number of piperazine rings is 1. The van der Waals surface area contributed by atoms with E-state index in [4.69, 9.17) is 4.74 Å². The number of amides is 1. The highest BCUT2D eigenvalue weighted by atomic mass is 16.6. The molecule has 1 aromatic rings. The first-order valence-corrected chi connectivity index (χ1v) is 7.44. The Labute approximate surface area is 126 Å². The Kier molecular flexibility index (Phi) is 5.07. The van der Waals surface area contributed by atoms with Crippen LogP contribution in [0.4, 0.5) is 10.5 Å². The molecule has 1 unspecified atom stereocenters. The van der Waals surface area contributed by atoms with Crippen LogP contribution in [-0.4, -0.2) is 43.9 Å². The molecule has 0 spiro atoms. The molecule has 116 valence electrons. The first-order valence-electron chi connectivity index (χ1n) is 7.44. The summed E-state index contributed by atoms with van der Waals surface area (Å²) < 4.78 is 5.25. The second-order valence-corrected chi connectivity index (χ2v) is 6.32. The molecule has 1 heterocycles. The van der Waals surface area contributed by atoms with Gasteiger partial charge in [0.2, 0.25) is 0 Å². The van der Waals surface area contributed by atoms with Crippen LogP contribution in [0.25, 0.3) is 0 Å². The molecule has 0 radical (unpaired) electrons. The molecule has 1 atom stereocenters. The Hall–Kier alpha value is -1.75. The zero-order valence-electron chi connectivity index (χ0n) is 13.1. The van der Waals surface area contributed by atoms with E-state index in [-0.39, 0.29) is 12.1 Å². The number of hydrogen-bond acceptors (Lipinski definition) is 4. The third kappa shape index (κ3) is 5.27. The zero-order valence-corrected chi connectivity index (χ0v) is 13.1. The molecule has 2 N–H and O–H groups in total. The van der Waals surface area contributed by atoms with Gasteiger partial charge in [0.1, 0.15) is 5.60 Å². The van der Waals surface area contributed by atoms with E-state index in [2.05, 4.69) is 27.7 Å². The van der Waals surface area contributed by atoms with Crippen molar-refractivity contribution in [1.82, 2.24) is 10.6 Å². The summed E-state index contributed by atoms with van der Waals surface area (Å²) in [5, 5.41) is 6.26. The molecule has 0 saturated carbocycles. The number of carbonyl (C=O) groups is 1. The van der Waals surface area contributed by atoms with Crippen LogP contribution in [0.3, 0.4) is 0 Å². The van der Waals surface area contributed by atoms with Crippen LogP contribution in [-0.2, 0) is 4.74 Å². The van der Waals surface area contributed by atoms with Crippen molar-refractivity contribution in [3.05, 3.63) is 30.3 Å². The number of nitrogens with one attached hydrogen (secondary N) is 2. The number of para-hydroxylation sites is 1. The van der Waals surface area contributed by atoms with Gasteiger partial charge >= 0.3 is 6.09 Å². The van der Waals surface area contributed by atoms with Gasteiger partial charge in [0.25, 0.3) is 0 Å². The van der Waals surface area contributed by atoms with E-state index in [1.165, 1.54) is 5.69 Å². The fraction of sp³-hybridized carbons (Fsp3) is 0.562. The van der Waals surface area contributed by atoms with Crippen LogP contribution in [0.1, 0.15) is 20.8 Å². The van der Waals surface area contributed by atoms with Gasteiger partial charge in [0, 0.05) is 37.9 Å². The minimum absolute atomic E-state index is 0.228. The largest absolute Gasteiger partial charge is 0.444 e. The highest BCUT2D eigenvalue weighted by molar-refractivity contribution is 5.67. The maximum absolute atomic E-state index is 11.7. The van der Waals surface area contributed by atoms with E-state index in [9.17, 15) is 4.79 Å². The fourth-order valence-corrected chi connectivity index (χ4v) is 2.36. The molecule has 1 saturated heterocycles. The molecule has 1 amide bonds. The number of benzene rings is 1. The van der Waals surface area contributed by atoms with Gasteiger partial charge in [0.15, 0.2) is 0 Å². The normalized spacial score (nSPS) is 19.2. The summed E-state index contributed by atoms with van der Waals surface area (Å²) in [7, 11) is 0. The van der Waals surface area contributed by atoms with Crippen LogP contribution in [0.5, 0.6) is 0 Å². The van der Waals surface area contributed by atoms with Crippen molar-refractivity contribution in [3.8, 4) is 0 Å². The fourth-order valence-electron chi connectivity index (χ4n) is 2.36. The monoisotopic (exact) mass is 291 g/mol. The topological polar surface area (TPSA) is 53.6 Å². The number of nitrogens with zero attached hydrogens (tertiary/aromatic N) is 1. The lowest BCUT2D eigenvalue weighted by atomic mass is 10.2. The van der Waals surface area contributed by atoms with Crippen molar-refractivity contribution in [3.63, 3.8) is 0 Å². The van der Waals surface area contributed by atoms with E-state index in [1.54, 1.807) is 0 Å². The number of ether oxygens (including phenoxy) is 1. The van der Waals surface area contributed by atoms with Crippen LogP contribution >= 0.6 is 0 Å². The van der Waals surface area contributed by atoms with E-state index >= 15 is 0 Å². The molecule has 5 heteroatoms. The first-order chi connectivity index (χ1) is 9.94. The zero-order chi connectivity index (χ0) is 15.3. The van der Waals surface area contributed by atoms with Crippen LogP contribution in [0.2, 0.25) is 0 Å². The molecule has 0 aliphatic carbocycles. The number of rotatable bonds is 3. The lowest BCUT2D eigenvalue weighted by Gasteiger charge is -2.35. The summed E-state index contributed by atoms with van der Waals surface area (Å²) in [6.45, 7) is 8.92. The van der Waals surface area contributed by atoms with Crippen molar-refractivity contribution in [1.29, 1.82) is 0 Å². The van der Waals surface area contributed by atoms with Crippen LogP contribution in [0.15, 0.2) is 30.3 Å². The van der Waals surface area contributed by atoms with Crippen molar-refractivity contribution >= 4 is 11.8 Å². The number of hydrogen-bond donors (Lipinski definition) is 2. The van der Waals surface area contributed by atoms with Crippen LogP contribution < -0.4 is 15.5 Å². The maximum atomic E-state index is 11.7. The maximum Gasteiger partial charge on any atom is 0.407 e. The van der Waals surface area contributed by atoms with Gasteiger partial charge in [-0.2, -0.15) is 0 Å². The Bertz CT molecular complexity index is 456. The quantitative estimate of drug-likeness (QED) is 0.894. The van der Waals surface area contributed by atoms with Crippen molar-refractivity contribution in [2.45, 2.75) is 32.4 Å². The minimum Gasteiger partial charge on any atom is -0.444 e. The summed E-state index contributed by atoms with van der Waals surface area (Å²) in [6, 6.07) is 10.6. The summed E-state index contributed by atoms with van der Waals surface area (Å²) in [5.41, 5.74) is 0.765. The Morgan fingerprint density at radius 3 is 2.76 bits per heavy atom. The summed E-state index contributed by atoms with van der Waals surface area (Å²) in [5.74, 6) is 0. The van der Waals surface area contributed by atoms with Crippen molar-refractivity contribution in [2.75, 3.05) is 31.1 Å². The smallest absolute Gasteiger partial charge is 0.407 e. The van der Waals surface area contributed by atoms with Gasteiger partial charge in [0.05, 0.1) is 0 Å². The van der Waals surface area contributed by atoms with Gasteiger partial charge in [-0.3, -0.25) is 0 Å². The van der Waals surface area contributed by atoms with Crippen LogP contribution in [0, 0.1) is 0 Å². The molecule has 0 aromatic heterocycles. The molecule has 1 fully saturated rings. The van der Waals surface area contributed by atoms with Gasteiger partial charge in [-0.05, 0) is 32.9 Å². The summed E-state index contributed by atoms with van der Waals surface area (Å²) in [6.07, 6.45) is -0.360. The summed E-state index contributed by atoms with van der Waals surface area (Å²) >= 11 is 0. The molecule has 1 aliphatic rings. The first kappa shape index (κ1) is 15.6. The average Bonchev–Trinajstić information content (AvgIpc) is 2.45. The second-order valence-electron chi connectivity index (χ2n) is 6.32. The van der Waals surface area contributed by atoms with E-state index in [1.807, 2.05) is 39.0 Å². The third-order valence-electron chi connectivity index (χ3n) is 3.27. The lowest BCUT2D eigenvalue weighted by Crippen LogP contribution is -2.55. The second kappa shape index (κ2) is 6.80. The third-order valence-corrected chi connectivity index (χ3v) is 3.27. The number of alkyl carbamates (subject to hydrolysis) is 1. The molecule has 1 aliphatic heterocycles. The molecule has 1 aromatic carbocycles. The SMILES string of the molecule is CC(C)(C)OC(=O)NCC1CN(c2ccccc2)CCN1. The number of carbonyl (C=O) groups excluding carboxylic acids is 1. The molecular formula is C16H25N3O2. The lowest BCUT2D eigenvalue weighted by molar-refractivity contribution is 0.0522. The standard InChI is InChI=1S/C16H25N3O2/c1-16(2,3)21-15(20)18-11-13-12-19(10-9-17-13)14-7-5-4-6-8-14/h4-8,13,17H,9-12H2,1-3H3,(H,18,20). The van der Waals surface area contributed by atoms with Gasteiger partial charge in [-0.15, -0.1) is 0 Å². The average molecular weight is 291 g/mol. The van der Waals surface area contributed by atoms with E-state index in [0.717, 1.165) is 19.6 Å². The molecular weight excluding hydrogens is 266 g/mol. The molecule has 2 rings (SSSR count). The van der Waals surface area contributed by atoms with Crippen molar-refractivity contribution in [2.24, 2.45) is 0 Å². The molecule has 0 bridgehead atoms. The van der Waals surface area contributed by atoms with Gasteiger partial charge < -0.3 is 20.3 Å². The predicted molar refractivity (Wildman–Crippen MR) is 84.7 cm³/mol. The summed E-state index contributed by atoms with van der Waals surface area (Å²) in [4.78, 5) is 14.0. The van der Waals surface area contributed by atoms with Crippen molar-refractivity contribution < 1.29 is 9.53 Å². The molecule has 5 nitrogen and oxygen atoms in total. The molecule has 21 heavy (non-hydrogen) atoms. The number of anilines is 1. The Morgan fingerprint density at radius 2 is 2.10 bits per heavy atom. The highest BCUT2D eigenvalue weighted by Gasteiger charge is 2.21. The predicted octanol–water partition coefficient (Wildman–Crippen LogP) is 1.99. The van der Waals surface area contributed by atoms with E-state index < -0.39 is 5.60 Å². The minimum atomic E-state index is -0.458. The van der Waals surface area contributed by atoms with Gasteiger partial charge in [-0.1, -0.05) is 18.2 Å². The van der Waals surface area contributed by atoms with Gasteiger partial charge in [-0.25, -0.2) is 4.79 Å². The Balaban J connectivity index is 1.81. The Morgan fingerprint density at radius 1 is 1.38 bits per heavy atom.